The van der Waals surface area contributed by atoms with Crippen molar-refractivity contribution in [2.45, 2.75) is 43.5 Å². The number of ether oxygens (including phenoxy) is 2. The highest BCUT2D eigenvalue weighted by Crippen LogP contribution is 2.49. The third-order valence-electron chi connectivity index (χ3n) is 6.75. The maximum absolute atomic E-state index is 13.5. The molecule has 0 unspecified atom stereocenters. The van der Waals surface area contributed by atoms with E-state index in [1.165, 1.54) is 11.8 Å². The van der Waals surface area contributed by atoms with Crippen LogP contribution in [0.5, 0.6) is 11.5 Å². The van der Waals surface area contributed by atoms with Gasteiger partial charge in [-0.15, -0.1) is 0 Å². The zero-order valence-electron chi connectivity index (χ0n) is 19.8. The van der Waals surface area contributed by atoms with Crippen molar-refractivity contribution in [1.82, 2.24) is 9.97 Å². The third kappa shape index (κ3) is 4.08. The van der Waals surface area contributed by atoms with Crippen molar-refractivity contribution in [3.63, 3.8) is 0 Å². The van der Waals surface area contributed by atoms with Crippen LogP contribution in [0.2, 0.25) is 5.02 Å². The summed E-state index contributed by atoms with van der Waals surface area (Å²) >= 11 is 7.71. The molecule has 3 aliphatic rings. The fourth-order valence-corrected chi connectivity index (χ4v) is 6.30. The van der Waals surface area contributed by atoms with Gasteiger partial charge in [-0.3, -0.25) is 9.59 Å². The van der Waals surface area contributed by atoms with Crippen molar-refractivity contribution in [3.8, 4) is 11.5 Å². The smallest absolute Gasteiger partial charge is 0.257 e. The Morgan fingerprint density at radius 3 is 2.75 bits per heavy atom. The molecule has 0 amide bonds. The van der Waals surface area contributed by atoms with Crippen LogP contribution in [0, 0.1) is 5.41 Å². The summed E-state index contributed by atoms with van der Waals surface area (Å²) in [5.74, 6) is 1.79. The number of nitrogens with one attached hydrogen (secondary N) is 2. The Balaban J connectivity index is 1.44. The lowest BCUT2D eigenvalue weighted by molar-refractivity contribution is -0.118. The number of hydrogen-bond acceptors (Lipinski definition) is 7. The van der Waals surface area contributed by atoms with E-state index in [1.807, 2.05) is 42.5 Å². The van der Waals surface area contributed by atoms with E-state index >= 15 is 0 Å². The summed E-state index contributed by atoms with van der Waals surface area (Å²) < 4.78 is 11.1. The molecule has 2 aliphatic heterocycles. The first-order chi connectivity index (χ1) is 17.3. The average Bonchev–Trinajstić information content (AvgIpc) is 3.29. The van der Waals surface area contributed by atoms with E-state index in [1.54, 1.807) is 0 Å². The number of ketones is 1. The highest BCUT2D eigenvalue weighted by Gasteiger charge is 2.42. The van der Waals surface area contributed by atoms with Gasteiger partial charge in [-0.25, -0.2) is 4.98 Å². The van der Waals surface area contributed by atoms with Crippen LogP contribution in [0.4, 0.5) is 5.82 Å². The van der Waals surface area contributed by atoms with Crippen LogP contribution in [0.1, 0.15) is 49.3 Å². The number of hydrogen-bond donors (Lipinski definition) is 2. The van der Waals surface area contributed by atoms with Gasteiger partial charge >= 0.3 is 0 Å². The summed E-state index contributed by atoms with van der Waals surface area (Å²) in [7, 11) is 0. The topological polar surface area (TPSA) is 93.3 Å². The molecule has 2 N–H and O–H groups in total. The Morgan fingerprint density at radius 1 is 1.11 bits per heavy atom. The zero-order valence-corrected chi connectivity index (χ0v) is 21.4. The van der Waals surface area contributed by atoms with E-state index in [2.05, 4.69) is 24.1 Å². The van der Waals surface area contributed by atoms with Gasteiger partial charge in [0.25, 0.3) is 5.56 Å². The largest absolute Gasteiger partial charge is 0.454 e. The van der Waals surface area contributed by atoms with Gasteiger partial charge in [0.2, 0.25) is 6.79 Å². The first kappa shape index (κ1) is 23.2. The van der Waals surface area contributed by atoms with Crippen molar-refractivity contribution in [2.24, 2.45) is 5.41 Å². The quantitative estimate of drug-likeness (QED) is 0.338. The van der Waals surface area contributed by atoms with Crippen LogP contribution in [0.15, 0.2) is 63.7 Å². The van der Waals surface area contributed by atoms with Gasteiger partial charge in [0.1, 0.15) is 5.82 Å². The summed E-state index contributed by atoms with van der Waals surface area (Å²) in [4.78, 5) is 34.7. The number of nitrogens with zero attached hydrogens (tertiary/aromatic N) is 1. The molecule has 1 aromatic heterocycles. The molecule has 0 spiro atoms. The molecule has 6 rings (SSSR count). The van der Waals surface area contributed by atoms with Crippen LogP contribution in [0.25, 0.3) is 0 Å². The molecule has 3 aromatic rings. The van der Waals surface area contributed by atoms with E-state index in [-0.39, 0.29) is 23.6 Å². The summed E-state index contributed by atoms with van der Waals surface area (Å²) in [6.07, 6.45) is 1.10. The molecule has 0 bridgehead atoms. The number of benzene rings is 2. The second-order valence-corrected chi connectivity index (χ2v) is 11.4. The van der Waals surface area contributed by atoms with Crippen LogP contribution in [-0.2, 0) is 10.5 Å². The summed E-state index contributed by atoms with van der Waals surface area (Å²) in [5.41, 5.74) is 3.18. The predicted molar refractivity (Wildman–Crippen MR) is 139 cm³/mol. The number of halogens is 1. The molecule has 0 radical (unpaired) electrons. The zero-order chi connectivity index (χ0) is 25.0. The minimum atomic E-state index is -0.548. The first-order valence-electron chi connectivity index (χ1n) is 11.7. The van der Waals surface area contributed by atoms with Gasteiger partial charge in [0, 0.05) is 34.4 Å². The monoisotopic (exact) mass is 521 g/mol. The van der Waals surface area contributed by atoms with Gasteiger partial charge in [0.05, 0.1) is 5.56 Å². The fourth-order valence-electron chi connectivity index (χ4n) is 5.15. The molecular weight excluding hydrogens is 498 g/mol. The minimum absolute atomic E-state index is 0.0404. The van der Waals surface area contributed by atoms with Crippen molar-refractivity contribution >= 4 is 35.0 Å². The molecule has 0 saturated heterocycles. The second kappa shape index (κ2) is 8.71. The van der Waals surface area contributed by atoms with Gasteiger partial charge in [-0.2, -0.15) is 0 Å². The van der Waals surface area contributed by atoms with E-state index in [0.29, 0.717) is 57.2 Å². The molecule has 2 aromatic carbocycles. The molecule has 1 atom stereocenters. The Bertz CT molecular complexity index is 1500. The van der Waals surface area contributed by atoms with Crippen LogP contribution < -0.4 is 20.3 Å². The molecule has 9 heteroatoms. The molecular formula is C27H24ClN3O4S. The standard InChI is InChI=1S/C27H24ClN3O4S/c1-27(2)10-17-22(18(32)11-27)21(14-7-8-19-20(9-14)35-13-34-19)23-24(29-17)30-26(31-25(23)33)36-12-15-5-3-4-6-16(15)28/h3-9,21H,10-13H2,1-2H3,(H2,29,30,31,33)/t21-/m1/s1. The number of anilines is 1. The summed E-state index contributed by atoms with van der Waals surface area (Å²) in [6, 6.07) is 13.2. The number of thioether (sulfide) groups is 1. The predicted octanol–water partition coefficient (Wildman–Crippen LogP) is 5.64. The van der Waals surface area contributed by atoms with Crippen molar-refractivity contribution in [3.05, 3.63) is 85.8 Å². The first-order valence-corrected chi connectivity index (χ1v) is 13.1. The number of aromatic amines is 1. The van der Waals surface area contributed by atoms with E-state index in [9.17, 15) is 9.59 Å². The molecule has 7 nitrogen and oxygen atoms in total. The average molecular weight is 522 g/mol. The minimum Gasteiger partial charge on any atom is -0.454 e. The van der Waals surface area contributed by atoms with Gasteiger partial charge in [-0.1, -0.05) is 61.5 Å². The van der Waals surface area contributed by atoms with Crippen molar-refractivity contribution in [2.75, 3.05) is 12.1 Å². The SMILES string of the molecule is CC1(C)CC(=O)C2=C(C1)Nc1nc(SCc3ccccc3Cl)[nH]c(=O)c1[C@@H]2c1ccc2c(c1)OCO2. The normalized spacial score (nSPS) is 19.5. The number of H-pyrrole nitrogens is 1. The number of Topliss-reactive ketones (excluding diaryl/α,β-unsaturated/α-hetero) is 1. The Morgan fingerprint density at radius 2 is 1.92 bits per heavy atom. The third-order valence-corrected chi connectivity index (χ3v) is 8.04. The maximum Gasteiger partial charge on any atom is 0.257 e. The van der Waals surface area contributed by atoms with Gasteiger partial charge < -0.3 is 19.8 Å². The lowest BCUT2D eigenvalue weighted by atomic mass is 9.69. The molecule has 184 valence electrons. The van der Waals surface area contributed by atoms with Crippen LogP contribution in [0.3, 0.4) is 0 Å². The molecule has 36 heavy (non-hydrogen) atoms. The Labute approximate surface area is 217 Å². The van der Waals surface area contributed by atoms with Crippen LogP contribution in [-0.4, -0.2) is 22.5 Å². The highest BCUT2D eigenvalue weighted by atomic mass is 35.5. The van der Waals surface area contributed by atoms with Crippen molar-refractivity contribution < 1.29 is 14.3 Å². The number of aromatic nitrogens is 2. The number of allylic oxidation sites excluding steroid dienone is 2. The van der Waals surface area contributed by atoms with Crippen LogP contribution >= 0.6 is 23.4 Å². The number of fused-ring (bicyclic) bond motifs is 2. The molecule has 0 fully saturated rings. The number of carbonyl (C=O) groups excluding carboxylic acids is 1. The highest BCUT2D eigenvalue weighted by molar-refractivity contribution is 7.98. The second-order valence-electron chi connectivity index (χ2n) is 10.0. The lowest BCUT2D eigenvalue weighted by Crippen LogP contribution is -2.37. The lowest BCUT2D eigenvalue weighted by Gasteiger charge is -2.38. The maximum atomic E-state index is 13.5. The number of rotatable bonds is 4. The van der Waals surface area contributed by atoms with E-state index in [4.69, 9.17) is 26.1 Å². The summed E-state index contributed by atoms with van der Waals surface area (Å²) in [5, 5.41) is 4.52. The van der Waals surface area contributed by atoms with Crippen molar-refractivity contribution in [1.29, 1.82) is 0 Å². The Kier molecular flexibility index (Phi) is 5.61. The Hall–Kier alpha value is -3.23. The molecule has 3 heterocycles. The van der Waals surface area contributed by atoms with E-state index in [0.717, 1.165) is 16.8 Å². The number of carbonyl (C=O) groups is 1. The molecule has 1 aliphatic carbocycles. The fraction of sp³-hybridized carbons (Fsp3) is 0.296. The molecule has 0 saturated carbocycles. The van der Waals surface area contributed by atoms with E-state index < -0.39 is 5.92 Å². The van der Waals surface area contributed by atoms with Gasteiger partial charge in [0.15, 0.2) is 22.4 Å². The summed E-state index contributed by atoms with van der Waals surface area (Å²) in [6.45, 7) is 4.31. The van der Waals surface area contributed by atoms with Gasteiger partial charge in [-0.05, 0) is 41.2 Å².